The molecule has 0 spiro atoms. The van der Waals surface area contributed by atoms with Crippen LogP contribution in [0.25, 0.3) is 0 Å². The number of carbonyl (C=O) groups excluding carboxylic acids is 1. The summed E-state index contributed by atoms with van der Waals surface area (Å²) < 4.78 is 31.1. The third kappa shape index (κ3) is 5.71. The molecule has 0 radical (unpaired) electrons. The van der Waals surface area contributed by atoms with Crippen molar-refractivity contribution in [1.29, 1.82) is 0 Å². The van der Waals surface area contributed by atoms with Gasteiger partial charge < -0.3 is 9.64 Å². The molecule has 1 N–H and O–H groups in total. The summed E-state index contributed by atoms with van der Waals surface area (Å²) in [5, 5.41) is 0. The fourth-order valence-corrected chi connectivity index (χ4v) is 4.27. The van der Waals surface area contributed by atoms with E-state index in [1.165, 1.54) is 6.26 Å². The van der Waals surface area contributed by atoms with Gasteiger partial charge in [-0.15, -0.1) is 0 Å². The van der Waals surface area contributed by atoms with Crippen molar-refractivity contribution in [2.45, 2.75) is 38.6 Å². The number of carbonyl (C=O) groups is 1. The second kappa shape index (κ2) is 8.67. The number of sulfonamides is 1. The molecule has 1 heterocycles. The predicted octanol–water partition coefficient (Wildman–Crippen LogP) is 1.80. The molecule has 2 atom stereocenters. The summed E-state index contributed by atoms with van der Waals surface area (Å²) in [5.74, 6) is 1.02. The lowest BCUT2D eigenvalue weighted by atomic mass is 9.99. The van der Waals surface area contributed by atoms with Crippen molar-refractivity contribution < 1.29 is 17.9 Å². The summed E-state index contributed by atoms with van der Waals surface area (Å²) in [5.41, 5.74) is 1.01. The molecule has 7 heteroatoms. The molecule has 0 saturated carbocycles. The molecule has 1 amide bonds. The molecule has 1 fully saturated rings. The largest absolute Gasteiger partial charge is 0.496 e. The van der Waals surface area contributed by atoms with Crippen LogP contribution in [0.1, 0.15) is 31.7 Å². The molecule has 6 nitrogen and oxygen atoms in total. The molecule has 0 aromatic heterocycles. The van der Waals surface area contributed by atoms with Crippen LogP contribution in [0.3, 0.4) is 0 Å². The second-order valence-electron chi connectivity index (χ2n) is 6.66. The van der Waals surface area contributed by atoms with Crippen LogP contribution >= 0.6 is 0 Å². The second-order valence-corrected chi connectivity index (χ2v) is 8.44. The lowest BCUT2D eigenvalue weighted by Gasteiger charge is -2.17. The van der Waals surface area contributed by atoms with E-state index in [0.29, 0.717) is 25.9 Å². The summed E-state index contributed by atoms with van der Waals surface area (Å²) in [6.07, 6.45) is 4.05. The molecule has 1 aromatic rings. The van der Waals surface area contributed by atoms with Gasteiger partial charge in [0, 0.05) is 25.6 Å². The lowest BCUT2D eigenvalue weighted by Crippen LogP contribution is -2.40. The number of hydrogen-bond acceptors (Lipinski definition) is 4. The van der Waals surface area contributed by atoms with Crippen molar-refractivity contribution in [2.24, 2.45) is 5.92 Å². The number of hydrogen-bond donors (Lipinski definition) is 1. The Morgan fingerprint density at radius 1 is 1.32 bits per heavy atom. The third-order valence-electron chi connectivity index (χ3n) is 4.62. The van der Waals surface area contributed by atoms with Crippen LogP contribution in [0.15, 0.2) is 24.3 Å². The molecule has 1 aliphatic rings. The highest BCUT2D eigenvalue weighted by Gasteiger charge is 2.35. The van der Waals surface area contributed by atoms with Crippen molar-refractivity contribution in [1.82, 2.24) is 9.62 Å². The topological polar surface area (TPSA) is 75.7 Å². The minimum absolute atomic E-state index is 0.0600. The van der Waals surface area contributed by atoms with Gasteiger partial charge in [-0.1, -0.05) is 31.5 Å². The van der Waals surface area contributed by atoms with E-state index < -0.39 is 10.0 Å². The zero-order chi connectivity index (χ0) is 18.4. The number of aryl methyl sites for hydroxylation is 1. The van der Waals surface area contributed by atoms with E-state index in [0.717, 1.165) is 24.2 Å². The first-order valence-corrected chi connectivity index (χ1v) is 10.6. The van der Waals surface area contributed by atoms with E-state index in [1.54, 1.807) is 12.0 Å². The molecule has 2 unspecified atom stereocenters. The molecule has 2 rings (SSSR count). The molecule has 0 bridgehead atoms. The van der Waals surface area contributed by atoms with E-state index in [1.807, 2.05) is 24.3 Å². The first-order valence-electron chi connectivity index (χ1n) is 8.71. The number of nitrogens with one attached hydrogen (secondary N) is 1. The van der Waals surface area contributed by atoms with Crippen LogP contribution in [-0.4, -0.2) is 51.7 Å². The molecule has 25 heavy (non-hydrogen) atoms. The van der Waals surface area contributed by atoms with Crippen LogP contribution in [0.4, 0.5) is 0 Å². The zero-order valence-corrected chi connectivity index (χ0v) is 16.0. The molecule has 140 valence electrons. The van der Waals surface area contributed by atoms with E-state index in [2.05, 4.69) is 11.6 Å². The van der Waals surface area contributed by atoms with Crippen LogP contribution in [0, 0.1) is 5.92 Å². The number of nitrogens with zero attached hydrogens (tertiary/aromatic N) is 1. The van der Waals surface area contributed by atoms with E-state index in [-0.39, 0.29) is 17.9 Å². The monoisotopic (exact) mass is 368 g/mol. The average Bonchev–Trinajstić information content (AvgIpc) is 2.94. The Balaban J connectivity index is 1.97. The summed E-state index contributed by atoms with van der Waals surface area (Å²) in [6.45, 7) is 3.14. The number of likely N-dealkylation sites (tertiary alicyclic amines) is 1. The molecule has 0 aliphatic carbocycles. The molecule has 1 saturated heterocycles. The molecule has 1 aliphatic heterocycles. The fraction of sp³-hybridized carbons (Fsp3) is 0.611. The van der Waals surface area contributed by atoms with Gasteiger partial charge in [0.25, 0.3) is 0 Å². The maximum atomic E-state index is 12.6. The van der Waals surface area contributed by atoms with E-state index >= 15 is 0 Å². The van der Waals surface area contributed by atoms with Gasteiger partial charge in [-0.25, -0.2) is 13.1 Å². The maximum Gasteiger partial charge on any atom is 0.222 e. The van der Waals surface area contributed by atoms with E-state index in [4.69, 9.17) is 4.74 Å². The smallest absolute Gasteiger partial charge is 0.222 e. The van der Waals surface area contributed by atoms with Gasteiger partial charge in [0.05, 0.1) is 13.4 Å². The Hall–Kier alpha value is -1.60. The number of rotatable bonds is 8. The third-order valence-corrected chi connectivity index (χ3v) is 5.35. The predicted molar refractivity (Wildman–Crippen MR) is 98.1 cm³/mol. The number of para-hydroxylation sites is 1. The van der Waals surface area contributed by atoms with Gasteiger partial charge in [0.1, 0.15) is 5.75 Å². The maximum absolute atomic E-state index is 12.6. The van der Waals surface area contributed by atoms with Crippen LogP contribution < -0.4 is 9.46 Å². The summed E-state index contributed by atoms with van der Waals surface area (Å²) in [6, 6.07) is 7.50. The normalized spacial score (nSPS) is 20.7. The van der Waals surface area contributed by atoms with Crippen molar-refractivity contribution in [2.75, 3.05) is 26.5 Å². The van der Waals surface area contributed by atoms with Crippen molar-refractivity contribution in [3.63, 3.8) is 0 Å². The van der Waals surface area contributed by atoms with Gasteiger partial charge in [-0.05, 0) is 30.4 Å². The van der Waals surface area contributed by atoms with Crippen molar-refractivity contribution >= 4 is 15.9 Å². The standard InChI is InChI=1S/C18H28N2O4S/c1-4-7-15-12-20(13-16(15)19-25(3,22)23)18(21)11-10-14-8-5-6-9-17(14)24-2/h5-6,8-9,15-16,19H,4,7,10-13H2,1-3H3. The molecule has 1 aromatic carbocycles. The quantitative estimate of drug-likeness (QED) is 0.759. The minimum Gasteiger partial charge on any atom is -0.496 e. The highest BCUT2D eigenvalue weighted by Crippen LogP contribution is 2.24. The average molecular weight is 368 g/mol. The van der Waals surface area contributed by atoms with Crippen LogP contribution in [0.5, 0.6) is 5.75 Å². The number of benzene rings is 1. The number of methoxy groups -OCH3 is 1. The van der Waals surface area contributed by atoms with Crippen LogP contribution in [-0.2, 0) is 21.2 Å². The Morgan fingerprint density at radius 3 is 2.68 bits per heavy atom. The zero-order valence-electron chi connectivity index (χ0n) is 15.2. The Labute approximate surface area is 150 Å². The highest BCUT2D eigenvalue weighted by atomic mass is 32.2. The van der Waals surface area contributed by atoms with Gasteiger partial charge in [-0.3, -0.25) is 4.79 Å². The SMILES string of the molecule is CCCC1CN(C(=O)CCc2ccccc2OC)CC1NS(C)(=O)=O. The number of ether oxygens (including phenoxy) is 1. The van der Waals surface area contributed by atoms with Gasteiger partial charge in [0.15, 0.2) is 0 Å². The van der Waals surface area contributed by atoms with E-state index in [9.17, 15) is 13.2 Å². The van der Waals surface area contributed by atoms with Gasteiger partial charge in [-0.2, -0.15) is 0 Å². The highest BCUT2D eigenvalue weighted by molar-refractivity contribution is 7.88. The molecular weight excluding hydrogens is 340 g/mol. The number of amides is 1. The first-order chi connectivity index (χ1) is 11.8. The molecular formula is C18H28N2O4S. The summed E-state index contributed by atoms with van der Waals surface area (Å²) >= 11 is 0. The van der Waals surface area contributed by atoms with Crippen LogP contribution in [0.2, 0.25) is 0 Å². The van der Waals surface area contributed by atoms with Crippen molar-refractivity contribution in [3.05, 3.63) is 29.8 Å². The summed E-state index contributed by atoms with van der Waals surface area (Å²) in [7, 11) is -1.65. The van der Waals surface area contributed by atoms with Crippen molar-refractivity contribution in [3.8, 4) is 5.75 Å². The summed E-state index contributed by atoms with van der Waals surface area (Å²) in [4.78, 5) is 14.4. The Morgan fingerprint density at radius 2 is 2.04 bits per heavy atom. The Bertz CT molecular complexity index is 690. The Kier molecular flexibility index (Phi) is 6.84. The minimum atomic E-state index is -3.28. The van der Waals surface area contributed by atoms with Gasteiger partial charge in [0.2, 0.25) is 15.9 Å². The lowest BCUT2D eigenvalue weighted by molar-refractivity contribution is -0.130. The first kappa shape index (κ1) is 19.7. The fourth-order valence-electron chi connectivity index (χ4n) is 3.46. The van der Waals surface area contributed by atoms with Gasteiger partial charge >= 0.3 is 0 Å².